The average Bonchev–Trinajstić information content (AvgIpc) is 3.18. The molecule has 0 rings (SSSR count). The molecule has 0 aliphatic rings. The Morgan fingerprint density at radius 1 is 0.545 bits per heavy atom. The van der Waals surface area contributed by atoms with Crippen LogP contribution in [-0.4, -0.2) is 46.9 Å². The molecule has 322 valence electrons. The molecule has 0 aromatic heterocycles. The molecule has 0 aliphatic carbocycles. The molecule has 0 aromatic rings. The molecule has 0 saturated heterocycles. The molecular weight excluding hydrogens is 683 g/mol. The van der Waals surface area contributed by atoms with Gasteiger partial charge in [-0.2, -0.15) is 0 Å². The molecule has 3 atom stereocenters. The van der Waals surface area contributed by atoms with Crippen LogP contribution in [0.4, 0.5) is 0 Å². The average molecular weight is 774 g/mol. The number of rotatable bonds is 42. The van der Waals surface area contributed by atoms with Crippen molar-refractivity contribution in [2.75, 3.05) is 6.61 Å². The largest absolute Gasteiger partial charge is 0.462 e. The van der Waals surface area contributed by atoms with Crippen molar-refractivity contribution in [3.63, 3.8) is 0 Å². The number of aliphatic hydroxyl groups excluding tert-OH is 2. The van der Waals surface area contributed by atoms with Crippen LogP contribution >= 0.6 is 0 Å². The highest BCUT2D eigenvalue weighted by atomic mass is 16.5. The lowest BCUT2D eigenvalue weighted by Gasteiger charge is -2.24. The van der Waals surface area contributed by atoms with Crippen LogP contribution in [0.1, 0.15) is 239 Å². The van der Waals surface area contributed by atoms with Gasteiger partial charge in [-0.15, -0.1) is 0 Å². The molecule has 0 radical (unpaired) electrons. The third kappa shape index (κ3) is 38.7. The summed E-state index contributed by atoms with van der Waals surface area (Å²) in [5.74, 6) is -0.488. The van der Waals surface area contributed by atoms with E-state index in [0.29, 0.717) is 19.3 Å². The van der Waals surface area contributed by atoms with Gasteiger partial charge in [-0.1, -0.05) is 205 Å². The van der Waals surface area contributed by atoms with E-state index in [2.05, 4.69) is 62.5 Å². The minimum Gasteiger partial charge on any atom is -0.462 e. The van der Waals surface area contributed by atoms with Crippen LogP contribution in [-0.2, 0) is 14.3 Å². The van der Waals surface area contributed by atoms with Crippen molar-refractivity contribution in [2.24, 2.45) is 0 Å². The van der Waals surface area contributed by atoms with Gasteiger partial charge >= 0.3 is 5.97 Å². The predicted octanol–water partition coefficient (Wildman–Crippen LogP) is 13.7. The second kappa shape index (κ2) is 43.2. The van der Waals surface area contributed by atoms with E-state index in [0.717, 1.165) is 77.0 Å². The van der Waals surface area contributed by atoms with E-state index in [1.165, 1.54) is 116 Å². The molecule has 6 heteroatoms. The Bertz CT molecular complexity index is 915. The number of carbonyl (C=O) groups excluding carboxylic acids is 2. The van der Waals surface area contributed by atoms with Crippen molar-refractivity contribution >= 4 is 11.9 Å². The lowest BCUT2D eigenvalue weighted by Crippen LogP contribution is -2.46. The van der Waals surface area contributed by atoms with Gasteiger partial charge in [-0.3, -0.25) is 9.59 Å². The van der Waals surface area contributed by atoms with Crippen LogP contribution in [0.25, 0.3) is 0 Å². The zero-order valence-corrected chi connectivity index (χ0v) is 36.6. The summed E-state index contributed by atoms with van der Waals surface area (Å²) in [4.78, 5) is 25.9. The summed E-state index contributed by atoms with van der Waals surface area (Å²) >= 11 is 0. The number of allylic oxidation sites excluding steroid dienone is 6. The Balaban J connectivity index is 4.41. The molecule has 6 nitrogen and oxygen atoms in total. The molecule has 0 saturated carbocycles. The van der Waals surface area contributed by atoms with E-state index in [9.17, 15) is 19.8 Å². The Kier molecular flexibility index (Phi) is 41.7. The zero-order valence-electron chi connectivity index (χ0n) is 36.6. The summed E-state index contributed by atoms with van der Waals surface area (Å²) in [5, 5.41) is 23.6. The first-order valence-electron chi connectivity index (χ1n) is 23.7. The van der Waals surface area contributed by atoms with E-state index in [-0.39, 0.29) is 24.9 Å². The SMILES string of the molecule is CC/C=C/C/C=C/C/C=C/CCCCCCCCC(=O)OC(CCCCCCCCC)CC(=O)NC(CO)C(O)CCCCCCCCCCCCCCC. The van der Waals surface area contributed by atoms with E-state index in [1.54, 1.807) is 0 Å². The highest BCUT2D eigenvalue weighted by Crippen LogP contribution is 2.17. The number of unbranched alkanes of at least 4 members (excludes halogenated alkanes) is 24. The molecule has 1 amide bonds. The quantitative estimate of drug-likeness (QED) is 0.0326. The Labute approximate surface area is 341 Å². The third-order valence-corrected chi connectivity index (χ3v) is 10.7. The standard InChI is InChI=1S/C49H91NO5/c1-4-7-10-13-16-18-20-22-23-24-26-28-30-33-36-39-42-49(54)55-45(40-37-34-31-15-12-9-6-3)43-48(53)50-46(44-51)47(52)41-38-35-32-29-27-25-21-19-17-14-11-8-5-2/h7,10,16,18,22-23,45-47,51-52H,4-6,8-9,11-15,17,19-21,24-44H2,1-3H3,(H,50,53)/b10-7+,18-16+,23-22+. The van der Waals surface area contributed by atoms with Gasteiger partial charge in [-0.05, 0) is 57.8 Å². The van der Waals surface area contributed by atoms with Gasteiger partial charge in [0.2, 0.25) is 5.91 Å². The molecule has 0 fully saturated rings. The zero-order chi connectivity index (χ0) is 40.3. The maximum absolute atomic E-state index is 13.1. The number of aliphatic hydroxyl groups is 2. The normalized spacial score (nSPS) is 13.6. The van der Waals surface area contributed by atoms with Gasteiger partial charge in [0.25, 0.3) is 0 Å². The Hall–Kier alpha value is -1.92. The Morgan fingerprint density at radius 2 is 0.982 bits per heavy atom. The number of hydrogen-bond acceptors (Lipinski definition) is 5. The van der Waals surface area contributed by atoms with Crippen molar-refractivity contribution in [2.45, 2.75) is 257 Å². The second-order valence-corrected chi connectivity index (χ2v) is 16.1. The van der Waals surface area contributed by atoms with E-state index >= 15 is 0 Å². The molecule has 0 bridgehead atoms. The summed E-state index contributed by atoms with van der Waals surface area (Å²) in [7, 11) is 0. The van der Waals surface area contributed by atoms with E-state index in [1.807, 2.05) is 0 Å². The highest BCUT2D eigenvalue weighted by Gasteiger charge is 2.24. The first-order valence-corrected chi connectivity index (χ1v) is 23.7. The smallest absolute Gasteiger partial charge is 0.306 e. The highest BCUT2D eigenvalue weighted by molar-refractivity contribution is 5.77. The first kappa shape index (κ1) is 53.1. The van der Waals surface area contributed by atoms with Gasteiger partial charge < -0.3 is 20.3 Å². The molecule has 0 aromatic carbocycles. The van der Waals surface area contributed by atoms with E-state index in [4.69, 9.17) is 4.74 Å². The second-order valence-electron chi connectivity index (χ2n) is 16.1. The summed E-state index contributed by atoms with van der Waals surface area (Å²) < 4.78 is 5.88. The number of esters is 1. The topological polar surface area (TPSA) is 95.9 Å². The van der Waals surface area contributed by atoms with Crippen LogP contribution in [0.2, 0.25) is 0 Å². The molecule has 3 unspecified atom stereocenters. The Morgan fingerprint density at radius 3 is 1.49 bits per heavy atom. The molecule has 55 heavy (non-hydrogen) atoms. The van der Waals surface area contributed by atoms with E-state index < -0.39 is 18.2 Å². The molecule has 0 spiro atoms. The van der Waals surface area contributed by atoms with Gasteiger partial charge in [0.15, 0.2) is 0 Å². The minimum absolute atomic E-state index is 0.0740. The van der Waals surface area contributed by atoms with Gasteiger partial charge in [0.1, 0.15) is 6.10 Å². The lowest BCUT2D eigenvalue weighted by atomic mass is 10.0. The van der Waals surface area contributed by atoms with Crippen molar-refractivity contribution in [1.29, 1.82) is 0 Å². The van der Waals surface area contributed by atoms with Crippen molar-refractivity contribution in [3.8, 4) is 0 Å². The van der Waals surface area contributed by atoms with Crippen LogP contribution in [0.15, 0.2) is 36.5 Å². The van der Waals surface area contributed by atoms with Crippen molar-refractivity contribution < 1.29 is 24.5 Å². The maximum atomic E-state index is 13.1. The fourth-order valence-electron chi connectivity index (χ4n) is 7.15. The molecule has 0 heterocycles. The summed E-state index contributed by atoms with van der Waals surface area (Å²) in [6, 6.07) is -0.698. The first-order chi connectivity index (χ1) is 27.0. The van der Waals surface area contributed by atoms with Crippen molar-refractivity contribution in [1.82, 2.24) is 5.32 Å². The summed E-state index contributed by atoms with van der Waals surface area (Å²) in [6.07, 6.45) is 49.3. The number of amides is 1. The molecule has 3 N–H and O–H groups in total. The predicted molar refractivity (Wildman–Crippen MR) is 236 cm³/mol. The summed E-state index contributed by atoms with van der Waals surface area (Å²) in [6.45, 7) is 6.33. The summed E-state index contributed by atoms with van der Waals surface area (Å²) in [5.41, 5.74) is 0. The van der Waals surface area contributed by atoms with Gasteiger partial charge in [0.05, 0.1) is 25.2 Å². The minimum atomic E-state index is -0.785. The van der Waals surface area contributed by atoms with Crippen molar-refractivity contribution in [3.05, 3.63) is 36.5 Å². The molecular formula is C49H91NO5. The number of carbonyl (C=O) groups is 2. The van der Waals surface area contributed by atoms with Gasteiger partial charge in [0, 0.05) is 6.42 Å². The van der Waals surface area contributed by atoms with Crippen LogP contribution < -0.4 is 5.32 Å². The van der Waals surface area contributed by atoms with Crippen LogP contribution in [0, 0.1) is 0 Å². The lowest BCUT2D eigenvalue weighted by molar-refractivity contribution is -0.151. The maximum Gasteiger partial charge on any atom is 0.306 e. The van der Waals surface area contributed by atoms with Crippen LogP contribution in [0.3, 0.4) is 0 Å². The molecule has 0 aliphatic heterocycles. The fraction of sp³-hybridized carbons (Fsp3) is 0.837. The number of nitrogens with one attached hydrogen (secondary N) is 1. The van der Waals surface area contributed by atoms with Gasteiger partial charge in [-0.25, -0.2) is 0 Å². The monoisotopic (exact) mass is 774 g/mol. The van der Waals surface area contributed by atoms with Crippen LogP contribution in [0.5, 0.6) is 0 Å². The third-order valence-electron chi connectivity index (χ3n) is 10.7. The number of ether oxygens (including phenoxy) is 1. The number of hydrogen-bond donors (Lipinski definition) is 3. The fourth-order valence-corrected chi connectivity index (χ4v) is 7.15.